The first-order valence-corrected chi connectivity index (χ1v) is 9.68. The quantitative estimate of drug-likeness (QED) is 0.646. The number of rotatable bonds is 7. The minimum atomic E-state index is -4.53. The SMILES string of the molecule is Cc1ccc(CNC2CC2NC(=O)CNC(=O)c2cccc(C(F)(F)F)c2)cc1C. The van der Waals surface area contributed by atoms with Gasteiger partial charge >= 0.3 is 6.18 Å². The van der Waals surface area contributed by atoms with Crippen molar-refractivity contribution in [2.24, 2.45) is 0 Å². The van der Waals surface area contributed by atoms with Gasteiger partial charge in [0.05, 0.1) is 12.1 Å². The number of alkyl halides is 3. The molecule has 1 aliphatic rings. The zero-order chi connectivity index (χ0) is 21.9. The van der Waals surface area contributed by atoms with Crippen molar-refractivity contribution in [1.29, 1.82) is 0 Å². The van der Waals surface area contributed by atoms with Crippen molar-refractivity contribution < 1.29 is 22.8 Å². The molecule has 0 bridgehead atoms. The molecule has 2 amide bonds. The Balaban J connectivity index is 1.40. The molecule has 3 N–H and O–H groups in total. The van der Waals surface area contributed by atoms with Gasteiger partial charge in [-0.25, -0.2) is 0 Å². The standard InChI is InChI=1S/C22H24F3N3O2/c1-13-6-7-15(8-14(13)2)11-26-18-10-19(18)28-20(29)12-27-21(30)16-4-3-5-17(9-16)22(23,24)25/h3-9,18-19,26H,10-12H2,1-2H3,(H,27,30)(H,28,29). The molecule has 30 heavy (non-hydrogen) atoms. The van der Waals surface area contributed by atoms with Crippen LogP contribution in [-0.2, 0) is 17.5 Å². The Labute approximate surface area is 173 Å². The summed E-state index contributed by atoms with van der Waals surface area (Å²) in [5, 5.41) is 8.54. The minimum Gasteiger partial charge on any atom is -0.350 e. The molecule has 1 saturated carbocycles. The second-order valence-electron chi connectivity index (χ2n) is 7.58. The van der Waals surface area contributed by atoms with Gasteiger partial charge in [0, 0.05) is 24.2 Å². The summed E-state index contributed by atoms with van der Waals surface area (Å²) in [5.74, 6) is -1.10. The zero-order valence-corrected chi connectivity index (χ0v) is 16.8. The molecule has 2 unspecified atom stereocenters. The highest BCUT2D eigenvalue weighted by Gasteiger charge is 2.37. The molecule has 2 atom stereocenters. The predicted octanol–water partition coefficient (Wildman–Crippen LogP) is 3.10. The largest absolute Gasteiger partial charge is 0.416 e. The van der Waals surface area contributed by atoms with Crippen LogP contribution in [0.1, 0.15) is 39.0 Å². The second-order valence-corrected chi connectivity index (χ2v) is 7.58. The van der Waals surface area contributed by atoms with Crippen molar-refractivity contribution in [2.45, 2.75) is 45.1 Å². The number of amides is 2. The normalized spacial score (nSPS) is 18.0. The van der Waals surface area contributed by atoms with E-state index in [4.69, 9.17) is 0 Å². The number of halogens is 3. The Bertz CT molecular complexity index is 943. The van der Waals surface area contributed by atoms with Gasteiger partial charge in [-0.05, 0) is 55.2 Å². The van der Waals surface area contributed by atoms with Crippen LogP contribution in [0.5, 0.6) is 0 Å². The van der Waals surface area contributed by atoms with E-state index in [2.05, 4.69) is 48.0 Å². The maximum Gasteiger partial charge on any atom is 0.416 e. The minimum absolute atomic E-state index is 0.0190. The van der Waals surface area contributed by atoms with Crippen molar-refractivity contribution in [2.75, 3.05) is 6.54 Å². The summed E-state index contributed by atoms with van der Waals surface area (Å²) in [6.07, 6.45) is -3.74. The summed E-state index contributed by atoms with van der Waals surface area (Å²) in [5.41, 5.74) is 2.59. The molecule has 5 nitrogen and oxygen atoms in total. The van der Waals surface area contributed by atoms with Gasteiger partial charge in [0.1, 0.15) is 0 Å². The highest BCUT2D eigenvalue weighted by molar-refractivity contribution is 5.96. The zero-order valence-electron chi connectivity index (χ0n) is 16.8. The Morgan fingerprint density at radius 3 is 2.50 bits per heavy atom. The maximum atomic E-state index is 12.7. The van der Waals surface area contributed by atoms with Crippen molar-refractivity contribution in [3.05, 3.63) is 70.3 Å². The number of carbonyl (C=O) groups excluding carboxylic acids is 2. The lowest BCUT2D eigenvalue weighted by Gasteiger charge is -2.10. The van der Waals surface area contributed by atoms with E-state index in [1.807, 2.05) is 0 Å². The maximum absolute atomic E-state index is 12.7. The van der Waals surface area contributed by atoms with Crippen molar-refractivity contribution >= 4 is 11.8 Å². The van der Waals surface area contributed by atoms with E-state index < -0.39 is 17.6 Å². The molecule has 3 rings (SSSR count). The number of hydrogen-bond acceptors (Lipinski definition) is 3. The van der Waals surface area contributed by atoms with E-state index in [1.54, 1.807) is 0 Å². The number of hydrogen-bond donors (Lipinski definition) is 3. The summed E-state index contributed by atoms with van der Waals surface area (Å²) in [6, 6.07) is 10.5. The molecule has 160 valence electrons. The third kappa shape index (κ3) is 5.82. The van der Waals surface area contributed by atoms with Crippen LogP contribution in [-0.4, -0.2) is 30.4 Å². The Hall–Kier alpha value is -2.87. The molecule has 0 saturated heterocycles. The van der Waals surface area contributed by atoms with E-state index in [9.17, 15) is 22.8 Å². The summed E-state index contributed by atoms with van der Waals surface area (Å²) in [7, 11) is 0. The first kappa shape index (κ1) is 21.8. The van der Waals surface area contributed by atoms with Gasteiger partial charge in [0.2, 0.25) is 5.91 Å². The van der Waals surface area contributed by atoms with E-state index in [0.717, 1.165) is 24.6 Å². The molecule has 2 aromatic rings. The van der Waals surface area contributed by atoms with E-state index in [-0.39, 0.29) is 30.1 Å². The van der Waals surface area contributed by atoms with Crippen molar-refractivity contribution in [1.82, 2.24) is 16.0 Å². The molecule has 0 aliphatic heterocycles. The monoisotopic (exact) mass is 419 g/mol. The smallest absolute Gasteiger partial charge is 0.350 e. The lowest BCUT2D eigenvalue weighted by molar-refractivity contribution is -0.137. The van der Waals surface area contributed by atoms with Gasteiger partial charge in [0.25, 0.3) is 5.91 Å². The average Bonchev–Trinajstić information content (AvgIpc) is 3.44. The van der Waals surface area contributed by atoms with E-state index in [0.29, 0.717) is 6.54 Å². The Morgan fingerprint density at radius 2 is 1.80 bits per heavy atom. The van der Waals surface area contributed by atoms with Gasteiger partial charge in [-0.3, -0.25) is 9.59 Å². The summed E-state index contributed by atoms with van der Waals surface area (Å²) >= 11 is 0. The fourth-order valence-corrected chi connectivity index (χ4v) is 3.10. The fourth-order valence-electron chi connectivity index (χ4n) is 3.10. The third-order valence-electron chi connectivity index (χ3n) is 5.14. The van der Waals surface area contributed by atoms with Crippen LogP contribution in [0.25, 0.3) is 0 Å². The lowest BCUT2D eigenvalue weighted by atomic mass is 10.1. The van der Waals surface area contributed by atoms with Gasteiger partial charge in [-0.2, -0.15) is 13.2 Å². The van der Waals surface area contributed by atoms with E-state index >= 15 is 0 Å². The van der Waals surface area contributed by atoms with Crippen LogP contribution in [0.3, 0.4) is 0 Å². The fraction of sp³-hybridized carbons (Fsp3) is 0.364. The number of carbonyl (C=O) groups is 2. The van der Waals surface area contributed by atoms with Gasteiger partial charge in [0.15, 0.2) is 0 Å². The predicted molar refractivity (Wildman–Crippen MR) is 107 cm³/mol. The number of nitrogens with one attached hydrogen (secondary N) is 3. The van der Waals surface area contributed by atoms with Crippen molar-refractivity contribution in [3.63, 3.8) is 0 Å². The molecule has 0 radical (unpaired) electrons. The summed E-state index contributed by atoms with van der Waals surface area (Å²) in [6.45, 7) is 4.53. The first-order chi connectivity index (χ1) is 14.1. The number of benzene rings is 2. The van der Waals surface area contributed by atoms with Crippen LogP contribution in [0.15, 0.2) is 42.5 Å². The summed E-state index contributed by atoms with van der Waals surface area (Å²) in [4.78, 5) is 24.1. The molecule has 2 aromatic carbocycles. The lowest BCUT2D eigenvalue weighted by Crippen LogP contribution is -2.39. The Kier molecular flexibility index (Phi) is 6.45. The van der Waals surface area contributed by atoms with Crippen LogP contribution in [0.2, 0.25) is 0 Å². The topological polar surface area (TPSA) is 70.2 Å². The van der Waals surface area contributed by atoms with Gasteiger partial charge < -0.3 is 16.0 Å². The molecule has 1 aliphatic carbocycles. The first-order valence-electron chi connectivity index (χ1n) is 9.68. The van der Waals surface area contributed by atoms with Gasteiger partial charge in [-0.1, -0.05) is 24.3 Å². The molecule has 0 aromatic heterocycles. The Morgan fingerprint density at radius 1 is 1.03 bits per heavy atom. The van der Waals surface area contributed by atoms with Crippen LogP contribution in [0.4, 0.5) is 13.2 Å². The van der Waals surface area contributed by atoms with Crippen LogP contribution in [0, 0.1) is 13.8 Å². The third-order valence-corrected chi connectivity index (χ3v) is 5.14. The second kappa shape index (κ2) is 8.87. The summed E-state index contributed by atoms with van der Waals surface area (Å²) < 4.78 is 38.2. The van der Waals surface area contributed by atoms with Crippen LogP contribution < -0.4 is 16.0 Å². The molecular formula is C22H24F3N3O2. The molecule has 0 heterocycles. The highest BCUT2D eigenvalue weighted by Crippen LogP contribution is 2.29. The molecule has 8 heteroatoms. The number of aryl methyl sites for hydroxylation is 2. The van der Waals surface area contributed by atoms with Gasteiger partial charge in [-0.15, -0.1) is 0 Å². The van der Waals surface area contributed by atoms with E-state index in [1.165, 1.54) is 22.8 Å². The molecular weight excluding hydrogens is 395 g/mol. The van der Waals surface area contributed by atoms with Crippen molar-refractivity contribution in [3.8, 4) is 0 Å². The molecule has 1 fully saturated rings. The average molecular weight is 419 g/mol. The highest BCUT2D eigenvalue weighted by atomic mass is 19.4. The van der Waals surface area contributed by atoms with Crippen LogP contribution >= 0.6 is 0 Å². The molecule has 0 spiro atoms.